The molecule has 0 bridgehead atoms. The summed E-state index contributed by atoms with van der Waals surface area (Å²) in [6.45, 7) is 0.268. The SMILES string of the molecule is COc1ccccc1COc1ccc(C=O)c(F)c1. The molecule has 0 spiro atoms. The highest BCUT2D eigenvalue weighted by Gasteiger charge is 2.05. The molecule has 0 aromatic heterocycles. The van der Waals surface area contributed by atoms with Crippen molar-refractivity contribution in [2.24, 2.45) is 0 Å². The van der Waals surface area contributed by atoms with Gasteiger partial charge < -0.3 is 9.47 Å². The van der Waals surface area contributed by atoms with E-state index in [-0.39, 0.29) is 12.2 Å². The monoisotopic (exact) mass is 260 g/mol. The molecule has 2 aromatic carbocycles. The van der Waals surface area contributed by atoms with Crippen molar-refractivity contribution in [1.29, 1.82) is 0 Å². The number of hydrogen-bond donors (Lipinski definition) is 0. The fourth-order valence-corrected chi connectivity index (χ4v) is 1.68. The van der Waals surface area contributed by atoms with Crippen LogP contribution in [0, 0.1) is 5.82 Å². The van der Waals surface area contributed by atoms with E-state index >= 15 is 0 Å². The van der Waals surface area contributed by atoms with Crippen molar-refractivity contribution in [3.8, 4) is 11.5 Å². The van der Waals surface area contributed by atoms with Crippen LogP contribution in [-0.2, 0) is 6.61 Å². The Morgan fingerprint density at radius 3 is 2.68 bits per heavy atom. The summed E-state index contributed by atoms with van der Waals surface area (Å²) in [5, 5.41) is 0. The van der Waals surface area contributed by atoms with Gasteiger partial charge in [-0.3, -0.25) is 4.79 Å². The zero-order chi connectivity index (χ0) is 13.7. The number of methoxy groups -OCH3 is 1. The van der Waals surface area contributed by atoms with Gasteiger partial charge in [-0.1, -0.05) is 18.2 Å². The Hall–Kier alpha value is -2.36. The third kappa shape index (κ3) is 3.10. The van der Waals surface area contributed by atoms with E-state index in [0.29, 0.717) is 17.8 Å². The van der Waals surface area contributed by atoms with Crippen LogP contribution in [0.25, 0.3) is 0 Å². The molecule has 0 radical (unpaired) electrons. The molecule has 0 unspecified atom stereocenters. The van der Waals surface area contributed by atoms with Gasteiger partial charge in [-0.15, -0.1) is 0 Å². The first-order chi connectivity index (χ1) is 9.24. The Kier molecular flexibility index (Phi) is 4.13. The molecule has 0 amide bonds. The summed E-state index contributed by atoms with van der Waals surface area (Å²) in [7, 11) is 1.58. The molecule has 98 valence electrons. The fraction of sp³-hybridized carbons (Fsp3) is 0.133. The Morgan fingerprint density at radius 1 is 1.21 bits per heavy atom. The number of benzene rings is 2. The Bertz CT molecular complexity index is 581. The van der Waals surface area contributed by atoms with Gasteiger partial charge in [0.05, 0.1) is 12.7 Å². The van der Waals surface area contributed by atoms with Crippen LogP contribution < -0.4 is 9.47 Å². The van der Waals surface area contributed by atoms with E-state index in [9.17, 15) is 9.18 Å². The lowest BCUT2D eigenvalue weighted by Gasteiger charge is -2.10. The number of halogens is 1. The average molecular weight is 260 g/mol. The van der Waals surface area contributed by atoms with E-state index in [1.54, 1.807) is 13.2 Å². The summed E-state index contributed by atoms with van der Waals surface area (Å²) in [5.41, 5.74) is 0.884. The van der Waals surface area contributed by atoms with Gasteiger partial charge in [0, 0.05) is 11.6 Å². The molecule has 0 saturated carbocycles. The van der Waals surface area contributed by atoms with Crippen LogP contribution in [0.3, 0.4) is 0 Å². The van der Waals surface area contributed by atoms with Gasteiger partial charge in [-0.25, -0.2) is 4.39 Å². The molecule has 3 nitrogen and oxygen atoms in total. The number of para-hydroxylation sites is 1. The maximum Gasteiger partial charge on any atom is 0.152 e. The van der Waals surface area contributed by atoms with Gasteiger partial charge >= 0.3 is 0 Å². The maximum absolute atomic E-state index is 13.4. The van der Waals surface area contributed by atoms with Gasteiger partial charge in [-0.2, -0.15) is 0 Å². The number of aldehydes is 1. The molecule has 0 atom stereocenters. The summed E-state index contributed by atoms with van der Waals surface area (Å²) in [6, 6.07) is 11.6. The molecule has 0 heterocycles. The van der Waals surface area contributed by atoms with E-state index < -0.39 is 5.82 Å². The summed E-state index contributed by atoms with van der Waals surface area (Å²) in [6.07, 6.45) is 0.472. The molecule has 2 aromatic rings. The van der Waals surface area contributed by atoms with Crippen molar-refractivity contribution in [3.05, 3.63) is 59.4 Å². The number of carbonyl (C=O) groups excluding carboxylic acids is 1. The predicted octanol–water partition coefficient (Wildman–Crippen LogP) is 3.23. The fourth-order valence-electron chi connectivity index (χ4n) is 1.68. The minimum atomic E-state index is -0.590. The van der Waals surface area contributed by atoms with Crippen LogP contribution in [-0.4, -0.2) is 13.4 Å². The van der Waals surface area contributed by atoms with Crippen LogP contribution in [0.15, 0.2) is 42.5 Å². The predicted molar refractivity (Wildman–Crippen MR) is 69.1 cm³/mol. The van der Waals surface area contributed by atoms with E-state index in [1.807, 2.05) is 24.3 Å². The first-order valence-electron chi connectivity index (χ1n) is 5.74. The van der Waals surface area contributed by atoms with Crippen molar-refractivity contribution in [2.75, 3.05) is 7.11 Å². The molecule has 0 N–H and O–H groups in total. The standard InChI is InChI=1S/C15H13FO3/c1-18-15-5-3-2-4-12(15)10-19-13-7-6-11(9-17)14(16)8-13/h2-9H,10H2,1H3. The van der Waals surface area contributed by atoms with E-state index in [1.165, 1.54) is 12.1 Å². The zero-order valence-corrected chi connectivity index (χ0v) is 10.4. The third-order valence-electron chi connectivity index (χ3n) is 2.69. The molecule has 0 aliphatic rings. The van der Waals surface area contributed by atoms with Crippen LogP contribution in [0.2, 0.25) is 0 Å². The summed E-state index contributed by atoms with van der Waals surface area (Å²) < 4.78 is 24.1. The number of rotatable bonds is 5. The van der Waals surface area contributed by atoms with E-state index in [0.717, 1.165) is 5.56 Å². The van der Waals surface area contributed by atoms with Crippen molar-refractivity contribution in [2.45, 2.75) is 6.61 Å². The lowest BCUT2D eigenvalue weighted by atomic mass is 10.2. The van der Waals surface area contributed by atoms with Crippen LogP contribution >= 0.6 is 0 Å². The minimum Gasteiger partial charge on any atom is -0.496 e. The topological polar surface area (TPSA) is 35.5 Å². The normalized spacial score (nSPS) is 10.0. The second-order valence-electron chi connectivity index (χ2n) is 3.90. The van der Waals surface area contributed by atoms with Crippen molar-refractivity contribution in [1.82, 2.24) is 0 Å². The lowest BCUT2D eigenvalue weighted by Crippen LogP contribution is -1.99. The van der Waals surface area contributed by atoms with Gasteiger partial charge in [0.1, 0.15) is 23.9 Å². The van der Waals surface area contributed by atoms with Crippen LogP contribution in [0.1, 0.15) is 15.9 Å². The smallest absolute Gasteiger partial charge is 0.152 e. The number of hydrogen-bond acceptors (Lipinski definition) is 3. The minimum absolute atomic E-state index is 0.0182. The van der Waals surface area contributed by atoms with Gasteiger partial charge in [0.15, 0.2) is 6.29 Å². The highest BCUT2D eigenvalue weighted by atomic mass is 19.1. The van der Waals surface area contributed by atoms with Gasteiger partial charge in [0.25, 0.3) is 0 Å². The van der Waals surface area contributed by atoms with Crippen molar-refractivity contribution >= 4 is 6.29 Å². The molecule has 4 heteroatoms. The maximum atomic E-state index is 13.4. The first-order valence-corrected chi connectivity index (χ1v) is 5.74. The Morgan fingerprint density at radius 2 is 2.00 bits per heavy atom. The Labute approximate surface area is 110 Å². The molecular weight excluding hydrogens is 247 g/mol. The van der Waals surface area contributed by atoms with E-state index in [2.05, 4.69) is 0 Å². The largest absolute Gasteiger partial charge is 0.496 e. The molecule has 0 saturated heterocycles. The lowest BCUT2D eigenvalue weighted by molar-refractivity contribution is 0.111. The second-order valence-corrected chi connectivity index (χ2v) is 3.90. The molecule has 0 aliphatic heterocycles. The van der Waals surface area contributed by atoms with Crippen molar-refractivity contribution in [3.63, 3.8) is 0 Å². The highest BCUT2D eigenvalue weighted by molar-refractivity contribution is 5.75. The summed E-state index contributed by atoms with van der Waals surface area (Å²) >= 11 is 0. The Balaban J connectivity index is 2.10. The molecule has 2 rings (SSSR count). The third-order valence-corrected chi connectivity index (χ3v) is 2.69. The summed E-state index contributed by atoms with van der Waals surface area (Å²) in [5.74, 6) is 0.494. The van der Waals surface area contributed by atoms with Gasteiger partial charge in [0.2, 0.25) is 0 Å². The first kappa shape index (κ1) is 13.1. The van der Waals surface area contributed by atoms with Crippen LogP contribution in [0.4, 0.5) is 4.39 Å². The van der Waals surface area contributed by atoms with E-state index in [4.69, 9.17) is 9.47 Å². The van der Waals surface area contributed by atoms with Crippen molar-refractivity contribution < 1.29 is 18.7 Å². The van der Waals surface area contributed by atoms with Crippen LogP contribution in [0.5, 0.6) is 11.5 Å². The molecule has 0 aliphatic carbocycles. The number of ether oxygens (including phenoxy) is 2. The highest BCUT2D eigenvalue weighted by Crippen LogP contribution is 2.21. The molecule has 0 fully saturated rings. The van der Waals surface area contributed by atoms with Gasteiger partial charge in [-0.05, 0) is 18.2 Å². The second kappa shape index (κ2) is 6.00. The molecular formula is C15H13FO3. The molecule has 19 heavy (non-hydrogen) atoms. The number of carbonyl (C=O) groups is 1. The summed E-state index contributed by atoms with van der Waals surface area (Å²) in [4.78, 5) is 10.5. The zero-order valence-electron chi connectivity index (χ0n) is 10.4. The average Bonchev–Trinajstić information content (AvgIpc) is 2.45. The quantitative estimate of drug-likeness (QED) is 0.774.